The van der Waals surface area contributed by atoms with Gasteiger partial charge in [-0.05, 0) is 44.4 Å². The van der Waals surface area contributed by atoms with Crippen molar-refractivity contribution in [3.63, 3.8) is 0 Å². The van der Waals surface area contributed by atoms with Crippen LogP contribution in [-0.4, -0.2) is 49.2 Å². The fraction of sp³-hybridized carbons (Fsp3) is 0.688. The second-order valence-electron chi connectivity index (χ2n) is 6.31. The Bertz CT molecular complexity index is 489. The number of anilines is 2. The summed E-state index contributed by atoms with van der Waals surface area (Å²) in [6.45, 7) is 6.09. The van der Waals surface area contributed by atoms with E-state index in [0.717, 1.165) is 38.5 Å². The van der Waals surface area contributed by atoms with Crippen molar-refractivity contribution >= 4 is 11.5 Å². The summed E-state index contributed by atoms with van der Waals surface area (Å²) in [6, 6.07) is 4.52. The van der Waals surface area contributed by atoms with E-state index < -0.39 is 0 Å². The van der Waals surface area contributed by atoms with E-state index in [1.165, 1.54) is 12.8 Å². The molecule has 1 aromatic rings. The zero-order chi connectivity index (χ0) is 14.8. The maximum Gasteiger partial charge on any atom is 0.239 e. The number of hydrogen-bond acceptors (Lipinski definition) is 5. The Labute approximate surface area is 127 Å². The fourth-order valence-corrected chi connectivity index (χ4v) is 2.81. The number of nitrogens with two attached hydrogens (primary N) is 1. The summed E-state index contributed by atoms with van der Waals surface area (Å²) in [5, 5.41) is 0. The third kappa shape index (κ3) is 3.40. The summed E-state index contributed by atoms with van der Waals surface area (Å²) < 4.78 is 5.79. The summed E-state index contributed by atoms with van der Waals surface area (Å²) in [5.74, 6) is 2.30. The lowest BCUT2D eigenvalue weighted by atomic mass is 10.1. The summed E-state index contributed by atoms with van der Waals surface area (Å²) in [7, 11) is 2.20. The lowest BCUT2D eigenvalue weighted by Crippen LogP contribution is -2.51. The molecule has 1 saturated carbocycles. The van der Waals surface area contributed by atoms with Crippen molar-refractivity contribution in [2.24, 2.45) is 5.92 Å². The van der Waals surface area contributed by atoms with Gasteiger partial charge in [0.05, 0.1) is 12.3 Å². The molecule has 1 saturated heterocycles. The summed E-state index contributed by atoms with van der Waals surface area (Å²) in [6.07, 6.45) is 3.71. The quantitative estimate of drug-likeness (QED) is 0.898. The molecule has 2 N–H and O–H groups in total. The van der Waals surface area contributed by atoms with Gasteiger partial charge in [-0.3, -0.25) is 4.90 Å². The number of hydrogen-bond donors (Lipinski definition) is 1. The molecule has 2 aliphatic rings. The molecular formula is C16H26N4O. The predicted molar refractivity (Wildman–Crippen MR) is 85.8 cm³/mol. The van der Waals surface area contributed by atoms with E-state index >= 15 is 0 Å². The Morgan fingerprint density at radius 3 is 2.86 bits per heavy atom. The topological polar surface area (TPSA) is 54.6 Å². The van der Waals surface area contributed by atoms with Crippen LogP contribution in [0.2, 0.25) is 0 Å². The van der Waals surface area contributed by atoms with Crippen molar-refractivity contribution in [1.82, 2.24) is 9.88 Å². The van der Waals surface area contributed by atoms with Gasteiger partial charge >= 0.3 is 0 Å². The van der Waals surface area contributed by atoms with Gasteiger partial charge in [-0.2, -0.15) is 4.98 Å². The van der Waals surface area contributed by atoms with Crippen LogP contribution < -0.4 is 15.4 Å². The number of nitrogens with zero attached hydrogens (tertiary/aromatic N) is 3. The summed E-state index contributed by atoms with van der Waals surface area (Å²) in [4.78, 5) is 9.42. The zero-order valence-corrected chi connectivity index (χ0v) is 13.1. The van der Waals surface area contributed by atoms with Crippen molar-refractivity contribution < 1.29 is 4.74 Å². The van der Waals surface area contributed by atoms with Gasteiger partial charge < -0.3 is 15.4 Å². The van der Waals surface area contributed by atoms with Crippen LogP contribution in [0.3, 0.4) is 0 Å². The third-order valence-electron chi connectivity index (χ3n) is 4.60. The largest absolute Gasteiger partial charge is 0.476 e. The molecule has 1 aliphatic carbocycles. The minimum atomic E-state index is 0.592. The smallest absolute Gasteiger partial charge is 0.239 e. The van der Waals surface area contributed by atoms with Crippen LogP contribution in [0.1, 0.15) is 26.2 Å². The highest BCUT2D eigenvalue weighted by Gasteiger charge is 2.25. The maximum absolute atomic E-state index is 5.99. The van der Waals surface area contributed by atoms with E-state index in [9.17, 15) is 0 Å². The number of rotatable bonds is 5. The molecule has 0 radical (unpaired) electrons. The molecule has 1 aromatic heterocycles. The first-order valence-corrected chi connectivity index (χ1v) is 8.02. The molecule has 0 spiro atoms. The average Bonchev–Trinajstić information content (AvgIpc) is 3.31. The SMILES string of the molecule is CCC1CN(c2ccc(N)c(OCC3CC3)n2)CCN1C. The highest BCUT2D eigenvalue weighted by atomic mass is 16.5. The molecule has 5 heteroatoms. The van der Waals surface area contributed by atoms with Crippen molar-refractivity contribution in [2.45, 2.75) is 32.2 Å². The predicted octanol–water partition coefficient (Wildman–Crippen LogP) is 1.98. The number of pyridine rings is 1. The number of piperazine rings is 1. The highest BCUT2D eigenvalue weighted by molar-refractivity contribution is 5.54. The van der Waals surface area contributed by atoms with Crippen LogP contribution in [0.25, 0.3) is 0 Å². The molecule has 2 heterocycles. The van der Waals surface area contributed by atoms with Crippen LogP contribution in [-0.2, 0) is 0 Å². The van der Waals surface area contributed by atoms with Crippen LogP contribution in [0, 0.1) is 5.92 Å². The first-order chi connectivity index (χ1) is 10.2. The van der Waals surface area contributed by atoms with E-state index in [0.29, 0.717) is 23.5 Å². The minimum Gasteiger partial charge on any atom is -0.476 e. The number of ether oxygens (including phenoxy) is 1. The molecule has 0 aromatic carbocycles. The van der Waals surface area contributed by atoms with Gasteiger partial charge in [0.2, 0.25) is 5.88 Å². The van der Waals surface area contributed by atoms with Gasteiger partial charge in [0.15, 0.2) is 0 Å². The number of nitrogen functional groups attached to an aromatic ring is 1. The van der Waals surface area contributed by atoms with E-state index in [1.54, 1.807) is 0 Å². The van der Waals surface area contributed by atoms with Gasteiger partial charge in [-0.25, -0.2) is 0 Å². The van der Waals surface area contributed by atoms with E-state index in [1.807, 2.05) is 12.1 Å². The molecule has 0 bridgehead atoms. The van der Waals surface area contributed by atoms with Crippen LogP contribution in [0.4, 0.5) is 11.5 Å². The highest BCUT2D eigenvalue weighted by Crippen LogP contribution is 2.31. The van der Waals surface area contributed by atoms with Gasteiger partial charge in [0.25, 0.3) is 0 Å². The van der Waals surface area contributed by atoms with Gasteiger partial charge in [0.1, 0.15) is 5.82 Å². The first-order valence-electron chi connectivity index (χ1n) is 8.02. The minimum absolute atomic E-state index is 0.592. The Morgan fingerprint density at radius 2 is 2.14 bits per heavy atom. The average molecular weight is 290 g/mol. The Balaban J connectivity index is 1.70. The third-order valence-corrected chi connectivity index (χ3v) is 4.60. The van der Waals surface area contributed by atoms with Crippen molar-refractivity contribution in [1.29, 1.82) is 0 Å². The monoisotopic (exact) mass is 290 g/mol. The molecule has 116 valence electrons. The van der Waals surface area contributed by atoms with Crippen molar-refractivity contribution in [3.8, 4) is 5.88 Å². The number of aromatic nitrogens is 1. The molecule has 5 nitrogen and oxygen atoms in total. The van der Waals surface area contributed by atoms with E-state index in [-0.39, 0.29) is 0 Å². The Morgan fingerprint density at radius 1 is 1.33 bits per heavy atom. The Hall–Kier alpha value is -1.49. The number of likely N-dealkylation sites (N-methyl/N-ethyl adjacent to an activating group) is 1. The van der Waals surface area contributed by atoms with Gasteiger partial charge in [-0.15, -0.1) is 0 Å². The second kappa shape index (κ2) is 6.10. The van der Waals surface area contributed by atoms with Gasteiger partial charge in [0, 0.05) is 25.7 Å². The summed E-state index contributed by atoms with van der Waals surface area (Å²) in [5.41, 5.74) is 6.63. The maximum atomic E-state index is 5.99. The molecule has 2 fully saturated rings. The van der Waals surface area contributed by atoms with Crippen LogP contribution >= 0.6 is 0 Å². The van der Waals surface area contributed by atoms with E-state index in [2.05, 4.69) is 28.8 Å². The van der Waals surface area contributed by atoms with Crippen molar-refractivity contribution in [2.75, 3.05) is 43.9 Å². The standard InChI is InChI=1S/C16H26N4O/c1-3-13-10-20(9-8-19(13)2)15-7-6-14(17)16(18-15)21-11-12-4-5-12/h6-7,12-13H,3-5,8-11,17H2,1-2H3. The lowest BCUT2D eigenvalue weighted by Gasteiger charge is -2.39. The van der Waals surface area contributed by atoms with Gasteiger partial charge in [-0.1, -0.05) is 6.92 Å². The first kappa shape index (κ1) is 14.4. The Kier molecular flexibility index (Phi) is 4.19. The zero-order valence-electron chi connectivity index (χ0n) is 13.1. The van der Waals surface area contributed by atoms with Crippen LogP contribution in [0.15, 0.2) is 12.1 Å². The molecule has 3 rings (SSSR count). The molecule has 0 amide bonds. The molecule has 1 atom stereocenters. The molecule has 21 heavy (non-hydrogen) atoms. The van der Waals surface area contributed by atoms with E-state index in [4.69, 9.17) is 10.5 Å². The molecule has 1 aliphatic heterocycles. The van der Waals surface area contributed by atoms with Crippen molar-refractivity contribution in [3.05, 3.63) is 12.1 Å². The second-order valence-corrected chi connectivity index (χ2v) is 6.31. The van der Waals surface area contributed by atoms with Crippen LogP contribution in [0.5, 0.6) is 5.88 Å². The lowest BCUT2D eigenvalue weighted by molar-refractivity contribution is 0.212. The fourth-order valence-electron chi connectivity index (χ4n) is 2.81. The normalized spacial score (nSPS) is 23.3. The molecule has 1 unspecified atom stereocenters. The molecular weight excluding hydrogens is 264 g/mol. The summed E-state index contributed by atoms with van der Waals surface area (Å²) >= 11 is 0.